The molecule has 0 aromatic heterocycles. The van der Waals surface area contributed by atoms with E-state index in [9.17, 15) is 9.90 Å². The highest BCUT2D eigenvalue weighted by Gasteiger charge is 2.38. The van der Waals surface area contributed by atoms with E-state index in [1.54, 1.807) is 12.1 Å². The maximum Gasteiger partial charge on any atom is 0.255 e. The molecule has 3 aromatic carbocycles. The fourth-order valence-corrected chi connectivity index (χ4v) is 4.49. The van der Waals surface area contributed by atoms with Gasteiger partial charge in [-0.2, -0.15) is 0 Å². The number of benzene rings is 3. The van der Waals surface area contributed by atoms with Crippen LogP contribution in [0.3, 0.4) is 0 Å². The topological polar surface area (TPSA) is 71.0 Å². The van der Waals surface area contributed by atoms with Crippen molar-refractivity contribution < 1.29 is 19.4 Å². The molecule has 1 amide bonds. The maximum atomic E-state index is 12.7. The Hall–Kier alpha value is -3.29. The Balaban J connectivity index is 1.58. The summed E-state index contributed by atoms with van der Waals surface area (Å²) in [4.78, 5) is 14.8. The smallest absolute Gasteiger partial charge is 0.255 e. The minimum atomic E-state index is -0.598. The second kappa shape index (κ2) is 12.1. The molecule has 4 unspecified atom stereocenters. The molecule has 4 rings (SSSR count). The van der Waals surface area contributed by atoms with Crippen LogP contribution in [0.4, 0.5) is 5.69 Å². The summed E-state index contributed by atoms with van der Waals surface area (Å²) in [6.07, 6.45) is 1.00. The van der Waals surface area contributed by atoms with Crippen molar-refractivity contribution in [2.45, 2.75) is 32.0 Å². The fraction of sp³-hybridized carbons (Fsp3) is 0.300. The average molecular weight is 487 g/mol. The standard InChI is InChI=1S/C30H34N2O4/c1-4-17-32(3)19-27-21(2)28(23-15-13-22(20-33)14-16-23)36-30(35-27)25-11-8-12-26(18-25)31-29(34)24-9-6-5-7-10-24/h4-16,18,21,27-28,30,33H,1,17,19-20H2,2-3H3,(H,31,34). The SMILES string of the molecule is C=CCN(C)CC1OC(c2cccc(NC(=O)c3ccccc3)c2)OC(c2ccc(CO)cc2)C1C. The molecule has 0 spiro atoms. The summed E-state index contributed by atoms with van der Waals surface area (Å²) in [7, 11) is 2.05. The average Bonchev–Trinajstić information content (AvgIpc) is 2.90. The van der Waals surface area contributed by atoms with Gasteiger partial charge in [0.15, 0.2) is 6.29 Å². The lowest BCUT2D eigenvalue weighted by atomic mass is 9.90. The summed E-state index contributed by atoms with van der Waals surface area (Å²) >= 11 is 0. The third-order valence-electron chi connectivity index (χ3n) is 6.51. The lowest BCUT2D eigenvalue weighted by molar-refractivity contribution is -0.275. The molecule has 1 aliphatic rings. The minimum Gasteiger partial charge on any atom is -0.392 e. The first kappa shape index (κ1) is 25.8. The number of anilines is 1. The maximum absolute atomic E-state index is 12.7. The Morgan fingerprint density at radius 1 is 1.03 bits per heavy atom. The molecule has 0 saturated carbocycles. The van der Waals surface area contributed by atoms with E-state index < -0.39 is 6.29 Å². The highest BCUT2D eigenvalue weighted by Crippen LogP contribution is 2.42. The third-order valence-corrected chi connectivity index (χ3v) is 6.51. The van der Waals surface area contributed by atoms with E-state index in [2.05, 4.69) is 23.7 Å². The Labute approximate surface area is 213 Å². The highest BCUT2D eigenvalue weighted by atomic mass is 16.7. The largest absolute Gasteiger partial charge is 0.392 e. The minimum absolute atomic E-state index is 0.00353. The molecule has 188 valence electrons. The predicted octanol–water partition coefficient (Wildman–Crippen LogP) is 5.34. The number of rotatable bonds is 9. The Morgan fingerprint density at radius 3 is 2.47 bits per heavy atom. The van der Waals surface area contributed by atoms with Gasteiger partial charge < -0.3 is 24.8 Å². The molecule has 1 fully saturated rings. The molecular weight excluding hydrogens is 452 g/mol. The summed E-state index contributed by atoms with van der Waals surface area (Å²) in [6.45, 7) is 7.48. The molecule has 3 aromatic rings. The van der Waals surface area contributed by atoms with Gasteiger partial charge in [-0.15, -0.1) is 6.58 Å². The Kier molecular flexibility index (Phi) is 8.67. The summed E-state index contributed by atoms with van der Waals surface area (Å²) in [5, 5.41) is 12.4. The van der Waals surface area contributed by atoms with Crippen LogP contribution in [0.25, 0.3) is 0 Å². The zero-order valence-corrected chi connectivity index (χ0v) is 20.8. The first-order valence-corrected chi connectivity index (χ1v) is 12.2. The number of nitrogens with one attached hydrogen (secondary N) is 1. The number of hydrogen-bond acceptors (Lipinski definition) is 5. The van der Waals surface area contributed by atoms with Gasteiger partial charge in [-0.1, -0.05) is 67.6 Å². The van der Waals surface area contributed by atoms with E-state index in [-0.39, 0.29) is 30.6 Å². The van der Waals surface area contributed by atoms with Crippen LogP contribution in [-0.4, -0.2) is 42.2 Å². The van der Waals surface area contributed by atoms with Crippen LogP contribution in [-0.2, 0) is 16.1 Å². The van der Waals surface area contributed by atoms with Gasteiger partial charge in [0.2, 0.25) is 0 Å². The molecular formula is C30H34N2O4. The molecule has 1 aliphatic heterocycles. The first-order valence-electron chi connectivity index (χ1n) is 12.2. The van der Waals surface area contributed by atoms with Crippen molar-refractivity contribution in [1.29, 1.82) is 0 Å². The molecule has 36 heavy (non-hydrogen) atoms. The number of nitrogens with zero attached hydrogens (tertiary/aromatic N) is 1. The van der Waals surface area contributed by atoms with E-state index in [0.29, 0.717) is 11.3 Å². The lowest BCUT2D eigenvalue weighted by Gasteiger charge is -2.42. The lowest BCUT2D eigenvalue weighted by Crippen LogP contribution is -2.43. The van der Waals surface area contributed by atoms with Crippen molar-refractivity contribution in [2.24, 2.45) is 5.92 Å². The second-order valence-corrected chi connectivity index (χ2v) is 9.28. The zero-order chi connectivity index (χ0) is 25.5. The van der Waals surface area contributed by atoms with Crippen LogP contribution in [0.5, 0.6) is 0 Å². The Bertz CT molecular complexity index is 1150. The molecule has 1 saturated heterocycles. The van der Waals surface area contributed by atoms with Gasteiger partial charge in [0.1, 0.15) is 0 Å². The number of carbonyl (C=O) groups excluding carboxylic acids is 1. The van der Waals surface area contributed by atoms with Crippen molar-refractivity contribution in [3.05, 3.63) is 114 Å². The van der Waals surface area contributed by atoms with Gasteiger partial charge in [-0.05, 0) is 42.4 Å². The molecule has 0 radical (unpaired) electrons. The number of aliphatic hydroxyl groups is 1. The second-order valence-electron chi connectivity index (χ2n) is 9.28. The number of amides is 1. The summed E-state index contributed by atoms with van der Waals surface area (Å²) < 4.78 is 13.0. The van der Waals surface area contributed by atoms with Crippen LogP contribution in [0.1, 0.15) is 46.4 Å². The van der Waals surface area contributed by atoms with Gasteiger partial charge in [-0.3, -0.25) is 4.79 Å². The Morgan fingerprint density at radius 2 is 1.78 bits per heavy atom. The molecule has 0 bridgehead atoms. The van der Waals surface area contributed by atoms with Crippen LogP contribution in [0.15, 0.2) is 91.5 Å². The summed E-state index contributed by atoms with van der Waals surface area (Å²) in [6, 6.07) is 24.6. The van der Waals surface area contributed by atoms with Crippen molar-refractivity contribution in [1.82, 2.24) is 4.90 Å². The molecule has 2 N–H and O–H groups in total. The van der Waals surface area contributed by atoms with Gasteiger partial charge >= 0.3 is 0 Å². The van der Waals surface area contributed by atoms with Gasteiger partial charge in [-0.25, -0.2) is 0 Å². The van der Waals surface area contributed by atoms with Gasteiger partial charge in [0, 0.05) is 35.8 Å². The van der Waals surface area contributed by atoms with Gasteiger partial charge in [0.25, 0.3) is 5.91 Å². The zero-order valence-electron chi connectivity index (χ0n) is 20.8. The molecule has 0 aliphatic carbocycles. The quantitative estimate of drug-likeness (QED) is 0.400. The van der Waals surface area contributed by atoms with Crippen molar-refractivity contribution in [3.63, 3.8) is 0 Å². The van der Waals surface area contributed by atoms with E-state index in [0.717, 1.165) is 29.8 Å². The van der Waals surface area contributed by atoms with Crippen LogP contribution >= 0.6 is 0 Å². The number of aliphatic hydroxyl groups excluding tert-OH is 1. The third kappa shape index (κ3) is 6.28. The summed E-state index contributed by atoms with van der Waals surface area (Å²) in [5.74, 6) is -0.0768. The number of hydrogen-bond donors (Lipinski definition) is 2. The fourth-order valence-electron chi connectivity index (χ4n) is 4.49. The van der Waals surface area contributed by atoms with Crippen LogP contribution in [0.2, 0.25) is 0 Å². The van der Waals surface area contributed by atoms with E-state index in [1.807, 2.05) is 79.9 Å². The van der Waals surface area contributed by atoms with Crippen LogP contribution in [0, 0.1) is 5.92 Å². The van der Waals surface area contributed by atoms with Crippen LogP contribution < -0.4 is 5.32 Å². The van der Waals surface area contributed by atoms with Crippen molar-refractivity contribution in [3.8, 4) is 0 Å². The van der Waals surface area contributed by atoms with E-state index in [1.165, 1.54) is 0 Å². The first-order chi connectivity index (χ1) is 17.5. The molecule has 1 heterocycles. The van der Waals surface area contributed by atoms with Crippen molar-refractivity contribution in [2.75, 3.05) is 25.5 Å². The molecule has 6 heteroatoms. The predicted molar refractivity (Wildman–Crippen MR) is 141 cm³/mol. The highest BCUT2D eigenvalue weighted by molar-refractivity contribution is 6.04. The number of ether oxygens (including phenoxy) is 2. The monoisotopic (exact) mass is 486 g/mol. The van der Waals surface area contributed by atoms with E-state index >= 15 is 0 Å². The molecule has 4 atom stereocenters. The number of likely N-dealkylation sites (N-methyl/N-ethyl adjacent to an activating group) is 1. The number of carbonyl (C=O) groups is 1. The summed E-state index contributed by atoms with van der Waals surface area (Å²) in [5.41, 5.74) is 4.01. The normalized spacial score (nSPS) is 21.8. The van der Waals surface area contributed by atoms with Gasteiger partial charge in [0.05, 0.1) is 18.8 Å². The van der Waals surface area contributed by atoms with Crippen molar-refractivity contribution >= 4 is 11.6 Å². The molecule has 6 nitrogen and oxygen atoms in total. The van der Waals surface area contributed by atoms with E-state index in [4.69, 9.17) is 9.47 Å².